The molecule has 0 aromatic heterocycles. The molecule has 1 unspecified atom stereocenters. The number of rotatable bonds is 6. The molecular formula is C22H26Cl2N4O2. The third-order valence-corrected chi connectivity index (χ3v) is 6.17. The van der Waals surface area contributed by atoms with Crippen LogP contribution in [0.15, 0.2) is 42.5 Å². The van der Waals surface area contributed by atoms with Crippen molar-refractivity contribution in [2.75, 3.05) is 6.54 Å². The second-order valence-electron chi connectivity index (χ2n) is 7.70. The minimum Gasteiger partial charge on any atom is -0.350 e. The number of halogens is 2. The monoisotopic (exact) mass is 448 g/mol. The number of hydrogen-bond donors (Lipinski definition) is 3. The first kappa shape index (κ1) is 22.6. The summed E-state index contributed by atoms with van der Waals surface area (Å²) in [5.74, 6) is -0.521. The Morgan fingerprint density at radius 2 is 1.90 bits per heavy atom. The highest BCUT2D eigenvalue weighted by Crippen LogP contribution is 2.32. The normalized spacial score (nSPS) is 19.6. The highest BCUT2D eigenvalue weighted by Gasteiger charge is 2.46. The number of carbonyl (C=O) groups is 2. The largest absolute Gasteiger partial charge is 0.350 e. The van der Waals surface area contributed by atoms with Crippen LogP contribution in [0.2, 0.25) is 10.0 Å². The van der Waals surface area contributed by atoms with E-state index in [9.17, 15) is 9.59 Å². The van der Waals surface area contributed by atoms with Gasteiger partial charge < -0.3 is 21.7 Å². The highest BCUT2D eigenvalue weighted by atomic mass is 35.5. The van der Waals surface area contributed by atoms with E-state index in [1.54, 1.807) is 48.2 Å². The maximum absolute atomic E-state index is 13.1. The van der Waals surface area contributed by atoms with Gasteiger partial charge in [-0.2, -0.15) is 0 Å². The fourth-order valence-corrected chi connectivity index (χ4v) is 4.28. The van der Waals surface area contributed by atoms with Gasteiger partial charge in [-0.3, -0.25) is 9.59 Å². The number of carbonyl (C=O) groups excluding carboxylic acids is 2. The first-order valence-corrected chi connectivity index (χ1v) is 10.6. The summed E-state index contributed by atoms with van der Waals surface area (Å²) >= 11 is 12.1. The summed E-state index contributed by atoms with van der Waals surface area (Å²) < 4.78 is 0. The smallest absolute Gasteiger partial charge is 0.245 e. The van der Waals surface area contributed by atoms with Crippen molar-refractivity contribution in [2.45, 2.75) is 44.4 Å². The maximum Gasteiger partial charge on any atom is 0.245 e. The molecule has 6 nitrogen and oxygen atoms in total. The van der Waals surface area contributed by atoms with Gasteiger partial charge in [0.2, 0.25) is 11.8 Å². The lowest BCUT2D eigenvalue weighted by Gasteiger charge is -2.35. The van der Waals surface area contributed by atoms with Gasteiger partial charge in [-0.15, -0.1) is 0 Å². The molecule has 1 fully saturated rings. The van der Waals surface area contributed by atoms with Crippen LogP contribution in [0.5, 0.6) is 0 Å². The maximum atomic E-state index is 13.1. The first-order valence-electron chi connectivity index (χ1n) is 9.84. The van der Waals surface area contributed by atoms with E-state index in [4.69, 9.17) is 34.7 Å². The van der Waals surface area contributed by atoms with Crippen molar-refractivity contribution >= 4 is 35.0 Å². The molecule has 5 N–H and O–H groups in total. The number of nitrogens with one attached hydrogen (secondary N) is 1. The Labute approximate surface area is 186 Å². The molecule has 1 aliphatic heterocycles. The fourth-order valence-electron chi connectivity index (χ4n) is 3.89. The van der Waals surface area contributed by atoms with Gasteiger partial charge in [0.25, 0.3) is 0 Å². The standard InChI is InChI=1S/C22H26Cl2N4O2/c1-22(21(30)27-13-16-11-18(24)7-6-15(16)12-25)8-3-9-28(22)20(29)19(26)14-4-2-5-17(23)10-14/h2,4-7,10-11,19H,3,8-9,12-13,25-26H2,1H3,(H,27,30)/t19?,22-/m0/s1. The van der Waals surface area contributed by atoms with E-state index in [2.05, 4.69) is 5.32 Å². The van der Waals surface area contributed by atoms with Gasteiger partial charge in [-0.1, -0.05) is 41.4 Å². The van der Waals surface area contributed by atoms with Crippen molar-refractivity contribution in [1.82, 2.24) is 10.2 Å². The Bertz CT molecular complexity index is 952. The molecule has 0 radical (unpaired) electrons. The van der Waals surface area contributed by atoms with Gasteiger partial charge in [0.15, 0.2) is 0 Å². The molecule has 2 aromatic carbocycles. The first-order chi connectivity index (χ1) is 14.3. The average Bonchev–Trinajstić information content (AvgIpc) is 3.13. The number of nitrogens with zero attached hydrogens (tertiary/aromatic N) is 1. The quantitative estimate of drug-likeness (QED) is 0.631. The van der Waals surface area contributed by atoms with Gasteiger partial charge in [0.05, 0.1) is 0 Å². The third-order valence-electron chi connectivity index (χ3n) is 5.70. The van der Waals surface area contributed by atoms with E-state index >= 15 is 0 Å². The average molecular weight is 449 g/mol. The zero-order valence-corrected chi connectivity index (χ0v) is 18.3. The third kappa shape index (κ3) is 4.62. The topological polar surface area (TPSA) is 101 Å². The molecule has 1 saturated heterocycles. The number of amides is 2. The predicted octanol–water partition coefficient (Wildman–Crippen LogP) is 3.15. The molecule has 3 rings (SSSR count). The van der Waals surface area contributed by atoms with Crippen LogP contribution in [0.3, 0.4) is 0 Å². The Kier molecular flexibility index (Phi) is 7.03. The van der Waals surface area contributed by atoms with Crippen molar-refractivity contribution in [3.63, 3.8) is 0 Å². The minimum absolute atomic E-state index is 0.227. The lowest BCUT2D eigenvalue weighted by Crippen LogP contribution is -2.57. The molecule has 30 heavy (non-hydrogen) atoms. The molecule has 0 aliphatic carbocycles. The molecular weight excluding hydrogens is 423 g/mol. The number of benzene rings is 2. The second-order valence-corrected chi connectivity index (χ2v) is 8.57. The number of likely N-dealkylation sites (tertiary alicyclic amines) is 1. The molecule has 2 amide bonds. The summed E-state index contributed by atoms with van der Waals surface area (Å²) in [7, 11) is 0. The summed E-state index contributed by atoms with van der Waals surface area (Å²) in [6.07, 6.45) is 1.29. The lowest BCUT2D eigenvalue weighted by atomic mass is 9.95. The molecule has 0 bridgehead atoms. The zero-order chi connectivity index (χ0) is 21.9. The van der Waals surface area contributed by atoms with E-state index in [0.717, 1.165) is 17.5 Å². The summed E-state index contributed by atoms with van der Waals surface area (Å²) in [6.45, 7) is 2.88. The van der Waals surface area contributed by atoms with Gasteiger partial charge in [0, 0.05) is 29.7 Å². The van der Waals surface area contributed by atoms with Crippen LogP contribution in [0, 0.1) is 0 Å². The van der Waals surface area contributed by atoms with Crippen molar-refractivity contribution < 1.29 is 9.59 Å². The lowest BCUT2D eigenvalue weighted by molar-refractivity contribution is -0.145. The fraction of sp³-hybridized carbons (Fsp3) is 0.364. The van der Waals surface area contributed by atoms with Crippen molar-refractivity contribution in [2.24, 2.45) is 11.5 Å². The molecule has 8 heteroatoms. The van der Waals surface area contributed by atoms with Crippen LogP contribution in [-0.2, 0) is 22.7 Å². The zero-order valence-electron chi connectivity index (χ0n) is 16.8. The van der Waals surface area contributed by atoms with E-state index in [1.807, 2.05) is 6.07 Å². The van der Waals surface area contributed by atoms with Crippen LogP contribution in [0.4, 0.5) is 0 Å². The van der Waals surface area contributed by atoms with E-state index in [-0.39, 0.29) is 18.4 Å². The summed E-state index contributed by atoms with van der Waals surface area (Å²) in [4.78, 5) is 27.8. The van der Waals surface area contributed by atoms with E-state index < -0.39 is 11.6 Å². The van der Waals surface area contributed by atoms with Gasteiger partial charge >= 0.3 is 0 Å². The van der Waals surface area contributed by atoms with Crippen molar-refractivity contribution in [3.8, 4) is 0 Å². The van der Waals surface area contributed by atoms with Crippen LogP contribution in [-0.4, -0.2) is 28.8 Å². The Morgan fingerprint density at radius 3 is 2.60 bits per heavy atom. The van der Waals surface area contributed by atoms with Crippen LogP contribution in [0.1, 0.15) is 42.5 Å². The summed E-state index contributed by atoms with van der Waals surface area (Å²) in [5.41, 5.74) is 13.4. The summed E-state index contributed by atoms with van der Waals surface area (Å²) in [5, 5.41) is 4.03. The van der Waals surface area contributed by atoms with Gasteiger partial charge in [0.1, 0.15) is 11.6 Å². The van der Waals surface area contributed by atoms with Gasteiger partial charge in [-0.05, 0) is 60.7 Å². The van der Waals surface area contributed by atoms with Crippen LogP contribution < -0.4 is 16.8 Å². The van der Waals surface area contributed by atoms with Crippen LogP contribution in [0.25, 0.3) is 0 Å². The molecule has 2 atom stereocenters. The van der Waals surface area contributed by atoms with Crippen molar-refractivity contribution in [3.05, 3.63) is 69.2 Å². The number of nitrogens with two attached hydrogens (primary N) is 2. The highest BCUT2D eigenvalue weighted by molar-refractivity contribution is 6.31. The molecule has 160 valence electrons. The molecule has 0 spiro atoms. The predicted molar refractivity (Wildman–Crippen MR) is 119 cm³/mol. The molecule has 1 heterocycles. The Hall–Kier alpha value is -2.12. The summed E-state index contributed by atoms with van der Waals surface area (Å²) in [6, 6.07) is 11.4. The molecule has 0 saturated carbocycles. The SMILES string of the molecule is C[C@@]1(C(=O)NCc2cc(Cl)ccc2CN)CCCN1C(=O)C(N)c1cccc(Cl)c1. The Morgan fingerprint density at radius 1 is 1.17 bits per heavy atom. The van der Waals surface area contributed by atoms with Gasteiger partial charge in [-0.25, -0.2) is 0 Å². The number of hydrogen-bond acceptors (Lipinski definition) is 4. The van der Waals surface area contributed by atoms with Crippen molar-refractivity contribution in [1.29, 1.82) is 0 Å². The molecule has 2 aromatic rings. The minimum atomic E-state index is -0.977. The second kappa shape index (κ2) is 9.35. The van der Waals surface area contributed by atoms with Crippen LogP contribution >= 0.6 is 23.2 Å². The van der Waals surface area contributed by atoms with E-state index in [0.29, 0.717) is 35.1 Å². The molecule has 1 aliphatic rings. The Balaban J connectivity index is 1.74. The van der Waals surface area contributed by atoms with E-state index in [1.165, 1.54) is 0 Å².